The van der Waals surface area contributed by atoms with Crippen molar-refractivity contribution in [1.29, 1.82) is 0 Å². The lowest BCUT2D eigenvalue weighted by Crippen LogP contribution is -2.50. The van der Waals surface area contributed by atoms with Crippen LogP contribution in [0.15, 0.2) is 41.0 Å². The molecule has 3 heterocycles. The predicted molar refractivity (Wildman–Crippen MR) is 115 cm³/mol. The highest BCUT2D eigenvalue weighted by molar-refractivity contribution is 7.99. The van der Waals surface area contributed by atoms with Crippen LogP contribution in [0.25, 0.3) is 11.4 Å². The number of aromatic nitrogens is 4. The van der Waals surface area contributed by atoms with Crippen LogP contribution in [0.5, 0.6) is 0 Å². The molecular formula is C20H26N6O4S. The maximum absolute atomic E-state index is 12.6. The van der Waals surface area contributed by atoms with Crippen LogP contribution in [0.2, 0.25) is 0 Å². The standard InChI is InChI=1S/C20H26N6O4S/c1-4-14-16(18(27)30-5-2)15(23-19(28)22-14)12-31-20-25-24-17(26(20)10-11-29-3)13-6-8-21-9-7-13/h6-9,14H,4-5,10-12H2,1-3H3,(H2,22,23,28). The van der Waals surface area contributed by atoms with Gasteiger partial charge in [0.1, 0.15) is 0 Å². The topological polar surface area (TPSA) is 120 Å². The van der Waals surface area contributed by atoms with E-state index in [0.29, 0.717) is 47.6 Å². The molecule has 2 aromatic rings. The summed E-state index contributed by atoms with van der Waals surface area (Å²) in [5, 5.41) is 14.8. The average Bonchev–Trinajstić information content (AvgIpc) is 3.19. The van der Waals surface area contributed by atoms with Crippen LogP contribution in [0.1, 0.15) is 20.3 Å². The number of carbonyl (C=O) groups is 2. The first-order valence-electron chi connectivity index (χ1n) is 10.0. The predicted octanol–water partition coefficient (Wildman–Crippen LogP) is 1.99. The second-order valence-electron chi connectivity index (χ2n) is 6.65. The summed E-state index contributed by atoms with van der Waals surface area (Å²) in [6.45, 7) is 4.95. The minimum absolute atomic E-state index is 0.258. The van der Waals surface area contributed by atoms with Gasteiger partial charge in [-0.05, 0) is 25.5 Å². The molecule has 1 aliphatic rings. The van der Waals surface area contributed by atoms with Gasteiger partial charge in [0.25, 0.3) is 0 Å². The van der Waals surface area contributed by atoms with Crippen LogP contribution < -0.4 is 10.6 Å². The highest BCUT2D eigenvalue weighted by Gasteiger charge is 2.31. The lowest BCUT2D eigenvalue weighted by atomic mass is 10.0. The van der Waals surface area contributed by atoms with Gasteiger partial charge in [-0.25, -0.2) is 9.59 Å². The van der Waals surface area contributed by atoms with Gasteiger partial charge in [-0.15, -0.1) is 10.2 Å². The fourth-order valence-corrected chi connectivity index (χ4v) is 4.14. The highest BCUT2D eigenvalue weighted by atomic mass is 32.2. The number of hydrogen-bond donors (Lipinski definition) is 2. The van der Waals surface area contributed by atoms with Crippen molar-refractivity contribution < 1.29 is 19.1 Å². The molecule has 1 unspecified atom stereocenters. The number of ether oxygens (including phenoxy) is 2. The normalized spacial score (nSPS) is 16.1. The van der Waals surface area contributed by atoms with Crippen LogP contribution in [0.4, 0.5) is 4.79 Å². The Balaban J connectivity index is 1.89. The molecule has 0 saturated carbocycles. The number of amides is 2. The molecule has 0 spiro atoms. The van der Waals surface area contributed by atoms with Crippen molar-refractivity contribution >= 4 is 23.8 Å². The Morgan fingerprint density at radius 3 is 2.71 bits per heavy atom. The Morgan fingerprint density at radius 2 is 2.03 bits per heavy atom. The summed E-state index contributed by atoms with van der Waals surface area (Å²) >= 11 is 1.38. The number of thioether (sulfide) groups is 1. The van der Waals surface area contributed by atoms with Gasteiger partial charge < -0.3 is 20.1 Å². The molecule has 0 aliphatic carbocycles. The van der Waals surface area contributed by atoms with E-state index in [1.54, 1.807) is 26.4 Å². The van der Waals surface area contributed by atoms with Crippen molar-refractivity contribution in [2.45, 2.75) is 38.0 Å². The molecule has 2 N–H and O–H groups in total. The molecule has 11 heteroatoms. The summed E-state index contributed by atoms with van der Waals surface area (Å²) in [6.07, 6.45) is 3.97. The van der Waals surface area contributed by atoms with E-state index in [1.807, 2.05) is 23.6 Å². The van der Waals surface area contributed by atoms with Crippen molar-refractivity contribution in [3.05, 3.63) is 35.8 Å². The Kier molecular flexibility index (Phi) is 8.01. The number of methoxy groups -OCH3 is 1. The van der Waals surface area contributed by atoms with E-state index in [4.69, 9.17) is 9.47 Å². The average molecular weight is 447 g/mol. The molecule has 0 saturated heterocycles. The SMILES string of the molecule is CCOC(=O)C1=C(CSc2nnc(-c3ccncc3)n2CCOC)NC(=O)NC1CC. The zero-order valence-electron chi connectivity index (χ0n) is 17.8. The summed E-state index contributed by atoms with van der Waals surface area (Å²) in [5.41, 5.74) is 1.85. The molecule has 166 valence electrons. The molecule has 2 aromatic heterocycles. The zero-order chi connectivity index (χ0) is 22.2. The van der Waals surface area contributed by atoms with E-state index in [2.05, 4.69) is 25.8 Å². The highest BCUT2D eigenvalue weighted by Crippen LogP contribution is 2.27. The molecule has 0 aromatic carbocycles. The Morgan fingerprint density at radius 1 is 1.26 bits per heavy atom. The molecule has 31 heavy (non-hydrogen) atoms. The molecule has 0 radical (unpaired) electrons. The van der Waals surface area contributed by atoms with Crippen molar-refractivity contribution in [1.82, 2.24) is 30.4 Å². The number of esters is 1. The fraction of sp³-hybridized carbons (Fsp3) is 0.450. The first-order valence-corrected chi connectivity index (χ1v) is 11.0. The quantitative estimate of drug-likeness (QED) is 0.420. The molecular weight excluding hydrogens is 420 g/mol. The van der Waals surface area contributed by atoms with Crippen molar-refractivity contribution in [3.8, 4) is 11.4 Å². The van der Waals surface area contributed by atoms with E-state index in [1.165, 1.54) is 11.8 Å². The monoisotopic (exact) mass is 446 g/mol. The number of pyridine rings is 1. The number of urea groups is 1. The van der Waals surface area contributed by atoms with Gasteiger partial charge in [-0.1, -0.05) is 18.7 Å². The second-order valence-corrected chi connectivity index (χ2v) is 7.59. The van der Waals surface area contributed by atoms with E-state index in [9.17, 15) is 9.59 Å². The maximum Gasteiger partial charge on any atom is 0.337 e. The van der Waals surface area contributed by atoms with Crippen molar-refractivity contribution in [2.75, 3.05) is 26.1 Å². The Bertz CT molecular complexity index is 946. The molecule has 0 bridgehead atoms. The third kappa shape index (κ3) is 5.42. The fourth-order valence-electron chi connectivity index (χ4n) is 3.21. The van der Waals surface area contributed by atoms with Crippen molar-refractivity contribution in [3.63, 3.8) is 0 Å². The van der Waals surface area contributed by atoms with Gasteiger partial charge >= 0.3 is 12.0 Å². The summed E-state index contributed by atoms with van der Waals surface area (Å²) in [6, 6.07) is 2.99. The minimum atomic E-state index is -0.434. The van der Waals surface area contributed by atoms with Gasteiger partial charge in [0, 0.05) is 36.5 Å². The second kappa shape index (κ2) is 10.9. The first-order chi connectivity index (χ1) is 15.1. The third-order valence-corrected chi connectivity index (χ3v) is 5.66. The summed E-state index contributed by atoms with van der Waals surface area (Å²) in [5.74, 6) is 0.595. The minimum Gasteiger partial charge on any atom is -0.463 e. The zero-order valence-corrected chi connectivity index (χ0v) is 18.6. The maximum atomic E-state index is 12.6. The smallest absolute Gasteiger partial charge is 0.337 e. The molecule has 2 amide bonds. The van der Waals surface area contributed by atoms with E-state index >= 15 is 0 Å². The van der Waals surface area contributed by atoms with Gasteiger partial charge in [0.2, 0.25) is 0 Å². The number of carbonyl (C=O) groups excluding carboxylic acids is 2. The Hall–Kier alpha value is -2.92. The lowest BCUT2D eigenvalue weighted by molar-refractivity contribution is -0.139. The van der Waals surface area contributed by atoms with Crippen LogP contribution in [-0.2, 0) is 20.8 Å². The number of hydrogen-bond acceptors (Lipinski definition) is 8. The van der Waals surface area contributed by atoms with E-state index < -0.39 is 12.0 Å². The van der Waals surface area contributed by atoms with Gasteiger partial charge in [0.15, 0.2) is 11.0 Å². The van der Waals surface area contributed by atoms with Crippen LogP contribution >= 0.6 is 11.8 Å². The summed E-state index contributed by atoms with van der Waals surface area (Å²) < 4.78 is 12.4. The molecule has 10 nitrogen and oxygen atoms in total. The van der Waals surface area contributed by atoms with Gasteiger partial charge in [-0.3, -0.25) is 9.55 Å². The van der Waals surface area contributed by atoms with E-state index in [0.717, 1.165) is 5.56 Å². The van der Waals surface area contributed by atoms with Crippen LogP contribution in [0, 0.1) is 0 Å². The Labute approximate surface area is 184 Å². The molecule has 1 aliphatic heterocycles. The van der Waals surface area contributed by atoms with E-state index in [-0.39, 0.29) is 12.6 Å². The van der Waals surface area contributed by atoms with Crippen LogP contribution in [-0.4, -0.2) is 63.9 Å². The number of nitrogens with zero attached hydrogens (tertiary/aromatic N) is 4. The van der Waals surface area contributed by atoms with Gasteiger partial charge in [0.05, 0.1) is 31.4 Å². The third-order valence-electron chi connectivity index (χ3n) is 4.67. The molecule has 1 atom stereocenters. The summed E-state index contributed by atoms with van der Waals surface area (Å²) in [4.78, 5) is 28.7. The number of nitrogens with one attached hydrogen (secondary N) is 2. The largest absolute Gasteiger partial charge is 0.463 e. The van der Waals surface area contributed by atoms with Gasteiger partial charge in [-0.2, -0.15) is 0 Å². The lowest BCUT2D eigenvalue weighted by Gasteiger charge is -2.28. The van der Waals surface area contributed by atoms with Crippen molar-refractivity contribution in [2.24, 2.45) is 0 Å². The molecule has 3 rings (SSSR count). The first kappa shape index (κ1) is 22.8. The molecule has 0 fully saturated rings. The number of rotatable bonds is 10. The van der Waals surface area contributed by atoms with Crippen LogP contribution in [0.3, 0.4) is 0 Å². The summed E-state index contributed by atoms with van der Waals surface area (Å²) in [7, 11) is 1.63.